The van der Waals surface area contributed by atoms with Gasteiger partial charge in [-0.1, -0.05) is 152 Å². The quantitative estimate of drug-likeness (QED) is 0.163. The lowest BCUT2D eigenvalue weighted by Gasteiger charge is -2.35. The van der Waals surface area contributed by atoms with Gasteiger partial charge in [-0.2, -0.15) is 0 Å². The Bertz CT molecular complexity index is 2960. The van der Waals surface area contributed by atoms with Crippen molar-refractivity contribution in [1.29, 1.82) is 0 Å². The smallest absolute Gasteiger partial charge is 0.137 e. The predicted molar refractivity (Wildman–Crippen MR) is 221 cm³/mol. The van der Waals surface area contributed by atoms with Crippen LogP contribution in [0.4, 0.5) is 17.1 Å². The Morgan fingerprint density at radius 1 is 0.358 bits per heavy atom. The summed E-state index contributed by atoms with van der Waals surface area (Å²) in [6, 6.07) is 72.9. The molecule has 0 saturated heterocycles. The molecule has 0 saturated carbocycles. The molecule has 0 atom stereocenters. The van der Waals surface area contributed by atoms with Crippen molar-refractivity contribution in [1.82, 2.24) is 0 Å². The Morgan fingerprint density at radius 2 is 0.981 bits per heavy atom. The maximum Gasteiger partial charge on any atom is 0.137 e. The fraction of sp³-hybridized carbons (Fsp3) is 0.0196. The Labute approximate surface area is 307 Å². The maximum atomic E-state index is 6.49. The summed E-state index contributed by atoms with van der Waals surface area (Å²) >= 11 is 0. The topological polar surface area (TPSA) is 16.4 Å². The maximum absolute atomic E-state index is 6.49. The monoisotopic (exact) mass is 675 g/mol. The van der Waals surface area contributed by atoms with Gasteiger partial charge in [-0.25, -0.2) is 0 Å². The molecule has 11 rings (SSSR count). The molecule has 0 amide bonds. The molecular formula is C51H33NO. The van der Waals surface area contributed by atoms with Crippen LogP contribution in [0.1, 0.15) is 22.3 Å². The van der Waals surface area contributed by atoms with Crippen LogP contribution in [0.15, 0.2) is 205 Å². The first kappa shape index (κ1) is 29.8. The van der Waals surface area contributed by atoms with Crippen molar-refractivity contribution < 1.29 is 4.42 Å². The van der Waals surface area contributed by atoms with Gasteiger partial charge in [0.1, 0.15) is 11.2 Å². The second-order valence-corrected chi connectivity index (χ2v) is 14.1. The van der Waals surface area contributed by atoms with E-state index in [0.717, 1.165) is 39.0 Å². The van der Waals surface area contributed by atoms with Crippen LogP contribution < -0.4 is 4.90 Å². The van der Waals surface area contributed by atoms with Gasteiger partial charge in [-0.05, 0) is 97.4 Å². The fourth-order valence-corrected chi connectivity index (χ4v) is 9.03. The first-order valence-corrected chi connectivity index (χ1v) is 18.3. The molecule has 10 aromatic rings. The first-order chi connectivity index (χ1) is 26.3. The Kier molecular flexibility index (Phi) is 6.50. The summed E-state index contributed by atoms with van der Waals surface area (Å²) < 4.78 is 6.49. The molecular weight excluding hydrogens is 643 g/mol. The zero-order valence-electron chi connectivity index (χ0n) is 28.9. The summed E-state index contributed by atoms with van der Waals surface area (Å²) in [5.74, 6) is 0. The van der Waals surface area contributed by atoms with E-state index in [1.54, 1.807) is 0 Å². The van der Waals surface area contributed by atoms with E-state index < -0.39 is 5.41 Å². The standard InChI is InChI=1S/C51H33NO/c1-4-14-34(15-5-1)36-17-12-22-40(30-36)52(41-28-29-44-43-23-10-11-25-47(43)53-48(44)33-41)42-31-37-27-26-35-16-13-24-45-49(35)50(37)46(32-42)51(45,38-18-6-2-7-19-38)39-20-8-3-9-21-39/h1-33H. The molecule has 9 aromatic carbocycles. The lowest BCUT2D eigenvalue weighted by Crippen LogP contribution is -2.29. The summed E-state index contributed by atoms with van der Waals surface area (Å²) in [6.07, 6.45) is 0. The van der Waals surface area contributed by atoms with Gasteiger partial charge in [0, 0.05) is 33.9 Å². The number of para-hydroxylation sites is 1. The molecule has 0 aliphatic heterocycles. The number of fused-ring (bicyclic) bond motifs is 3. The van der Waals surface area contributed by atoms with E-state index in [-0.39, 0.29) is 0 Å². The minimum atomic E-state index is -0.514. The van der Waals surface area contributed by atoms with Gasteiger partial charge in [0.2, 0.25) is 0 Å². The minimum absolute atomic E-state index is 0.514. The molecule has 2 nitrogen and oxygen atoms in total. The number of benzene rings is 9. The number of rotatable bonds is 6. The third kappa shape index (κ3) is 4.39. The molecule has 53 heavy (non-hydrogen) atoms. The molecule has 1 aromatic heterocycles. The second-order valence-electron chi connectivity index (χ2n) is 14.1. The highest BCUT2D eigenvalue weighted by atomic mass is 16.3. The number of nitrogens with zero attached hydrogens (tertiary/aromatic N) is 1. The van der Waals surface area contributed by atoms with E-state index in [1.807, 2.05) is 12.1 Å². The van der Waals surface area contributed by atoms with Crippen LogP contribution in [0, 0.1) is 0 Å². The zero-order chi connectivity index (χ0) is 34.9. The Balaban J connectivity index is 1.23. The molecule has 2 heteroatoms. The summed E-state index contributed by atoms with van der Waals surface area (Å²) in [5, 5.41) is 7.38. The van der Waals surface area contributed by atoms with Gasteiger partial charge in [0.15, 0.2) is 0 Å². The predicted octanol–water partition coefficient (Wildman–Crippen LogP) is 13.7. The van der Waals surface area contributed by atoms with Crippen LogP contribution in [0.2, 0.25) is 0 Å². The molecule has 0 unspecified atom stereocenters. The molecule has 248 valence electrons. The molecule has 1 aliphatic rings. The first-order valence-electron chi connectivity index (χ1n) is 18.3. The molecule has 0 radical (unpaired) electrons. The van der Waals surface area contributed by atoms with Crippen molar-refractivity contribution in [3.63, 3.8) is 0 Å². The van der Waals surface area contributed by atoms with E-state index in [1.165, 1.54) is 54.9 Å². The summed E-state index contributed by atoms with van der Waals surface area (Å²) in [5.41, 5.74) is 12.0. The second kappa shape index (κ2) is 11.6. The minimum Gasteiger partial charge on any atom is -0.456 e. The van der Waals surface area contributed by atoms with Crippen LogP contribution in [-0.4, -0.2) is 0 Å². The van der Waals surface area contributed by atoms with Gasteiger partial charge in [0.05, 0.1) is 5.41 Å². The van der Waals surface area contributed by atoms with Crippen molar-refractivity contribution >= 4 is 60.5 Å². The van der Waals surface area contributed by atoms with Gasteiger partial charge >= 0.3 is 0 Å². The van der Waals surface area contributed by atoms with Crippen molar-refractivity contribution in [2.45, 2.75) is 5.41 Å². The molecule has 1 heterocycles. The summed E-state index contributed by atoms with van der Waals surface area (Å²) in [6.45, 7) is 0. The van der Waals surface area contributed by atoms with E-state index in [4.69, 9.17) is 4.42 Å². The van der Waals surface area contributed by atoms with Gasteiger partial charge < -0.3 is 9.32 Å². The highest BCUT2D eigenvalue weighted by Gasteiger charge is 2.45. The summed E-state index contributed by atoms with van der Waals surface area (Å²) in [4.78, 5) is 2.41. The third-order valence-electron chi connectivity index (χ3n) is 11.3. The fourth-order valence-electron chi connectivity index (χ4n) is 9.03. The van der Waals surface area contributed by atoms with Crippen LogP contribution in [0.25, 0.3) is 54.6 Å². The molecule has 0 spiro atoms. The van der Waals surface area contributed by atoms with Crippen LogP contribution in [0.3, 0.4) is 0 Å². The number of furan rings is 1. The van der Waals surface area contributed by atoms with E-state index in [2.05, 4.69) is 193 Å². The number of hydrogen-bond donors (Lipinski definition) is 0. The normalized spacial score (nSPS) is 13.1. The molecule has 1 aliphatic carbocycles. The lowest BCUT2D eigenvalue weighted by molar-refractivity contribution is 0.669. The van der Waals surface area contributed by atoms with Gasteiger partial charge in [-0.15, -0.1) is 0 Å². The Morgan fingerprint density at radius 3 is 1.77 bits per heavy atom. The average molecular weight is 676 g/mol. The molecule has 0 N–H and O–H groups in total. The van der Waals surface area contributed by atoms with Crippen molar-refractivity contribution in [3.8, 4) is 11.1 Å². The largest absolute Gasteiger partial charge is 0.456 e. The van der Waals surface area contributed by atoms with Crippen molar-refractivity contribution in [2.24, 2.45) is 0 Å². The lowest BCUT2D eigenvalue weighted by atomic mass is 9.67. The van der Waals surface area contributed by atoms with Crippen molar-refractivity contribution in [3.05, 3.63) is 222 Å². The van der Waals surface area contributed by atoms with Crippen molar-refractivity contribution in [2.75, 3.05) is 4.90 Å². The number of anilines is 3. The van der Waals surface area contributed by atoms with E-state index in [0.29, 0.717) is 0 Å². The highest BCUT2D eigenvalue weighted by Crippen LogP contribution is 2.57. The zero-order valence-corrected chi connectivity index (χ0v) is 28.9. The highest BCUT2D eigenvalue weighted by molar-refractivity contribution is 6.17. The third-order valence-corrected chi connectivity index (χ3v) is 11.3. The number of hydrogen-bond acceptors (Lipinski definition) is 2. The Hall–Kier alpha value is -6.90. The van der Waals surface area contributed by atoms with Crippen LogP contribution in [0.5, 0.6) is 0 Å². The summed E-state index contributed by atoms with van der Waals surface area (Å²) in [7, 11) is 0. The van der Waals surface area contributed by atoms with Gasteiger partial charge in [-0.3, -0.25) is 0 Å². The van der Waals surface area contributed by atoms with Gasteiger partial charge in [0.25, 0.3) is 0 Å². The van der Waals surface area contributed by atoms with E-state index in [9.17, 15) is 0 Å². The van der Waals surface area contributed by atoms with Crippen LogP contribution in [-0.2, 0) is 5.41 Å². The molecule has 0 fully saturated rings. The average Bonchev–Trinajstić information content (AvgIpc) is 3.75. The SMILES string of the molecule is c1ccc(-c2cccc(N(c3cc4c5c(ccc6cccc(c65)C4(c4ccccc4)c4ccccc4)c3)c3ccc4c(c3)oc3ccccc34)c2)cc1. The molecule has 0 bridgehead atoms. The van der Waals surface area contributed by atoms with Crippen LogP contribution >= 0.6 is 0 Å². The van der Waals surface area contributed by atoms with E-state index >= 15 is 0 Å².